The molecule has 1 aliphatic heterocycles. The highest BCUT2D eigenvalue weighted by molar-refractivity contribution is 6.28. The molecule has 0 aliphatic carbocycles. The van der Waals surface area contributed by atoms with Crippen LogP contribution in [0, 0.1) is 0 Å². The molecule has 0 spiro atoms. The second-order valence-corrected chi connectivity index (χ2v) is 4.44. The molecule has 0 aromatic carbocycles. The maximum absolute atomic E-state index is 5.74. The predicted octanol–water partition coefficient (Wildman–Crippen LogP) is 3.18. The summed E-state index contributed by atoms with van der Waals surface area (Å²) in [6.45, 7) is 3.35. The first-order chi connectivity index (χ1) is 6.75. The van der Waals surface area contributed by atoms with Gasteiger partial charge in [0.15, 0.2) is 5.22 Å². The summed E-state index contributed by atoms with van der Waals surface area (Å²) in [6.07, 6.45) is 3.74. The van der Waals surface area contributed by atoms with E-state index < -0.39 is 0 Å². The minimum Gasteiger partial charge on any atom is -0.449 e. The normalized spacial score (nSPS) is 24.0. The van der Waals surface area contributed by atoms with Gasteiger partial charge in [0.05, 0.1) is 0 Å². The Kier molecular flexibility index (Phi) is 3.14. The smallest absolute Gasteiger partial charge is 0.193 e. The van der Waals surface area contributed by atoms with Crippen molar-refractivity contribution < 1.29 is 4.42 Å². The maximum atomic E-state index is 5.74. The van der Waals surface area contributed by atoms with E-state index in [1.165, 1.54) is 12.8 Å². The highest BCUT2D eigenvalue weighted by Gasteiger charge is 2.19. The third-order valence-corrected chi connectivity index (χ3v) is 3.08. The van der Waals surface area contributed by atoms with E-state index >= 15 is 0 Å². The number of halogens is 1. The summed E-state index contributed by atoms with van der Waals surface area (Å²) in [5.74, 6) is 1.46. The Labute approximate surface area is 89.6 Å². The van der Waals surface area contributed by atoms with Crippen LogP contribution in [0.2, 0.25) is 5.22 Å². The Balaban J connectivity index is 1.91. The molecule has 1 aromatic heterocycles. The van der Waals surface area contributed by atoms with E-state index in [0.717, 1.165) is 18.7 Å². The van der Waals surface area contributed by atoms with E-state index in [9.17, 15) is 0 Å². The van der Waals surface area contributed by atoms with Crippen molar-refractivity contribution in [2.24, 2.45) is 0 Å². The summed E-state index contributed by atoms with van der Waals surface area (Å²) in [5.41, 5.74) is 0. The van der Waals surface area contributed by atoms with Gasteiger partial charge in [-0.25, -0.2) is 0 Å². The standard InChI is InChI=1S/C11H16ClNO/c1-8(7-9-3-2-6-13-9)10-4-5-11(12)14-10/h4-5,8-9,13H,2-3,6-7H2,1H3. The van der Waals surface area contributed by atoms with Crippen LogP contribution in [0.25, 0.3) is 0 Å². The van der Waals surface area contributed by atoms with Crippen LogP contribution in [0.1, 0.15) is 37.9 Å². The molecule has 78 valence electrons. The van der Waals surface area contributed by atoms with E-state index in [2.05, 4.69) is 12.2 Å². The van der Waals surface area contributed by atoms with Crippen molar-refractivity contribution in [1.82, 2.24) is 5.32 Å². The predicted molar refractivity (Wildman–Crippen MR) is 57.8 cm³/mol. The molecule has 0 saturated carbocycles. The van der Waals surface area contributed by atoms with E-state index in [-0.39, 0.29) is 0 Å². The Bertz CT molecular complexity index is 291. The van der Waals surface area contributed by atoms with E-state index in [0.29, 0.717) is 17.2 Å². The second kappa shape index (κ2) is 4.37. The van der Waals surface area contributed by atoms with Crippen LogP contribution < -0.4 is 5.32 Å². The molecular weight excluding hydrogens is 198 g/mol. The lowest BCUT2D eigenvalue weighted by Gasteiger charge is -2.14. The van der Waals surface area contributed by atoms with Gasteiger partial charge in [0.1, 0.15) is 5.76 Å². The minimum absolute atomic E-state index is 0.457. The van der Waals surface area contributed by atoms with Gasteiger partial charge in [-0.15, -0.1) is 0 Å². The molecule has 1 aromatic rings. The van der Waals surface area contributed by atoms with Crippen LogP contribution in [0.4, 0.5) is 0 Å². The van der Waals surface area contributed by atoms with Gasteiger partial charge in [-0.3, -0.25) is 0 Å². The Morgan fingerprint density at radius 1 is 1.64 bits per heavy atom. The van der Waals surface area contributed by atoms with Crippen molar-refractivity contribution in [2.75, 3.05) is 6.54 Å². The second-order valence-electron chi connectivity index (χ2n) is 4.07. The summed E-state index contributed by atoms with van der Waals surface area (Å²) >= 11 is 5.74. The molecule has 0 radical (unpaired) electrons. The van der Waals surface area contributed by atoms with E-state index in [1.807, 2.05) is 12.1 Å². The molecule has 1 fully saturated rings. The first-order valence-corrected chi connectivity index (χ1v) is 5.62. The average molecular weight is 214 g/mol. The van der Waals surface area contributed by atoms with E-state index in [1.54, 1.807) is 0 Å². The lowest BCUT2D eigenvalue weighted by Crippen LogP contribution is -2.22. The average Bonchev–Trinajstić information content (AvgIpc) is 2.75. The molecule has 2 atom stereocenters. The van der Waals surface area contributed by atoms with Gasteiger partial charge in [-0.1, -0.05) is 6.92 Å². The van der Waals surface area contributed by atoms with E-state index in [4.69, 9.17) is 16.0 Å². The quantitative estimate of drug-likeness (QED) is 0.835. The van der Waals surface area contributed by atoms with Crippen LogP contribution in [-0.2, 0) is 0 Å². The molecule has 1 aliphatic rings. The summed E-state index contributed by atoms with van der Waals surface area (Å²) in [6, 6.07) is 4.45. The zero-order valence-corrected chi connectivity index (χ0v) is 9.18. The van der Waals surface area contributed by atoms with Gasteiger partial charge in [0.2, 0.25) is 0 Å². The first kappa shape index (κ1) is 10.1. The van der Waals surface area contributed by atoms with Gasteiger partial charge >= 0.3 is 0 Å². The van der Waals surface area contributed by atoms with Crippen LogP contribution >= 0.6 is 11.6 Å². The summed E-state index contributed by atoms with van der Waals surface area (Å²) in [5, 5.41) is 3.98. The Morgan fingerprint density at radius 3 is 3.07 bits per heavy atom. The van der Waals surface area contributed by atoms with Crippen molar-refractivity contribution in [2.45, 2.75) is 38.1 Å². The monoisotopic (exact) mass is 213 g/mol. The third kappa shape index (κ3) is 2.31. The Morgan fingerprint density at radius 2 is 2.50 bits per heavy atom. The van der Waals surface area contributed by atoms with Gasteiger partial charge in [0.25, 0.3) is 0 Å². The van der Waals surface area contributed by atoms with Gasteiger partial charge in [-0.05, 0) is 49.5 Å². The van der Waals surface area contributed by atoms with Crippen LogP contribution in [0.3, 0.4) is 0 Å². The third-order valence-electron chi connectivity index (χ3n) is 2.88. The molecular formula is C11H16ClNO. The summed E-state index contributed by atoms with van der Waals surface area (Å²) in [4.78, 5) is 0. The van der Waals surface area contributed by atoms with Crippen molar-refractivity contribution in [3.05, 3.63) is 23.1 Å². The fourth-order valence-corrected chi connectivity index (χ4v) is 2.25. The molecule has 2 nitrogen and oxygen atoms in total. The van der Waals surface area contributed by atoms with Crippen LogP contribution in [0.15, 0.2) is 16.5 Å². The number of hydrogen-bond donors (Lipinski definition) is 1. The highest BCUT2D eigenvalue weighted by atomic mass is 35.5. The van der Waals surface area contributed by atoms with Gasteiger partial charge in [0, 0.05) is 12.0 Å². The van der Waals surface area contributed by atoms with Crippen molar-refractivity contribution >= 4 is 11.6 Å². The Hall–Kier alpha value is -0.470. The van der Waals surface area contributed by atoms with Crippen molar-refractivity contribution in [3.63, 3.8) is 0 Å². The lowest BCUT2D eigenvalue weighted by molar-refractivity contribution is 0.427. The zero-order chi connectivity index (χ0) is 9.97. The molecule has 2 unspecified atom stereocenters. The molecule has 1 saturated heterocycles. The molecule has 0 amide bonds. The van der Waals surface area contributed by atoms with Crippen molar-refractivity contribution in [1.29, 1.82) is 0 Å². The topological polar surface area (TPSA) is 25.2 Å². The molecule has 3 heteroatoms. The molecule has 0 bridgehead atoms. The largest absolute Gasteiger partial charge is 0.449 e. The molecule has 1 N–H and O–H groups in total. The van der Waals surface area contributed by atoms with Crippen LogP contribution in [-0.4, -0.2) is 12.6 Å². The fraction of sp³-hybridized carbons (Fsp3) is 0.636. The lowest BCUT2D eigenvalue weighted by atomic mass is 9.98. The fourth-order valence-electron chi connectivity index (χ4n) is 2.09. The maximum Gasteiger partial charge on any atom is 0.193 e. The van der Waals surface area contributed by atoms with Crippen molar-refractivity contribution in [3.8, 4) is 0 Å². The zero-order valence-electron chi connectivity index (χ0n) is 8.42. The molecule has 14 heavy (non-hydrogen) atoms. The van der Waals surface area contributed by atoms with Gasteiger partial charge in [-0.2, -0.15) is 0 Å². The van der Waals surface area contributed by atoms with Gasteiger partial charge < -0.3 is 9.73 Å². The number of furan rings is 1. The number of nitrogens with one attached hydrogen (secondary N) is 1. The highest BCUT2D eigenvalue weighted by Crippen LogP contribution is 2.26. The minimum atomic E-state index is 0.457. The number of rotatable bonds is 3. The molecule has 2 rings (SSSR count). The SMILES string of the molecule is CC(CC1CCCN1)c1ccc(Cl)o1. The first-order valence-electron chi connectivity index (χ1n) is 5.24. The summed E-state index contributed by atoms with van der Waals surface area (Å²) in [7, 11) is 0. The van der Waals surface area contributed by atoms with Crippen LogP contribution in [0.5, 0.6) is 0 Å². The summed E-state index contributed by atoms with van der Waals surface area (Å²) < 4.78 is 5.39. The number of hydrogen-bond acceptors (Lipinski definition) is 2. The molecule has 2 heterocycles.